The average molecular weight is 305 g/mol. The van der Waals surface area contributed by atoms with Crippen LogP contribution in [0.2, 0.25) is 5.15 Å². The summed E-state index contributed by atoms with van der Waals surface area (Å²) in [4.78, 5) is 18.2. The molecule has 106 valence electrons. The maximum Gasteiger partial charge on any atom is 0.351 e. The molecule has 0 aliphatic heterocycles. The van der Waals surface area contributed by atoms with Crippen molar-refractivity contribution in [2.24, 2.45) is 0 Å². The number of carbonyl (C=O) groups is 1. The van der Waals surface area contributed by atoms with E-state index in [1.165, 1.54) is 31.3 Å². The number of hydrogen-bond donors (Lipinski definition) is 1. The van der Waals surface area contributed by atoms with Gasteiger partial charge in [-0.05, 0) is 12.8 Å². The molecule has 1 aliphatic carbocycles. The molecule has 1 N–H and O–H groups in total. The van der Waals surface area contributed by atoms with Crippen molar-refractivity contribution in [3.63, 3.8) is 0 Å². The van der Waals surface area contributed by atoms with Crippen molar-refractivity contribution in [2.45, 2.75) is 31.7 Å². The first-order valence-electron chi connectivity index (χ1n) is 6.29. The van der Waals surface area contributed by atoms with Gasteiger partial charge in [-0.2, -0.15) is 0 Å². The summed E-state index contributed by atoms with van der Waals surface area (Å²) < 4.78 is 4.67. The van der Waals surface area contributed by atoms with Gasteiger partial charge in [-0.1, -0.05) is 35.8 Å². The maximum atomic E-state index is 11.5. The molecule has 0 aromatic carbocycles. The van der Waals surface area contributed by atoms with Crippen LogP contribution in [0.4, 0.5) is 5.13 Å². The van der Waals surface area contributed by atoms with Crippen LogP contribution in [0, 0.1) is 0 Å². The average Bonchev–Trinajstić information content (AvgIpc) is 3.04. The smallest absolute Gasteiger partial charge is 0.351 e. The van der Waals surface area contributed by atoms with Crippen molar-refractivity contribution in [1.82, 2.24) is 4.98 Å². The molecule has 0 radical (unpaired) electrons. The summed E-state index contributed by atoms with van der Waals surface area (Å²) in [5, 5.41) is 10.1. The van der Waals surface area contributed by atoms with Crippen LogP contribution in [0.5, 0.6) is 0 Å². The third-order valence-electron chi connectivity index (χ3n) is 3.30. The highest BCUT2D eigenvalue weighted by molar-refractivity contribution is 7.18. The number of anilines is 1. The second-order valence-corrected chi connectivity index (χ2v) is 5.80. The molecule has 19 heavy (non-hydrogen) atoms. The normalized spacial score (nSPS) is 15.7. The fraction of sp³-hybridized carbons (Fsp3) is 0.667. The SMILES string of the molecule is COC(=O)c1sc(N(CCO)C2CCCC2)nc1Cl. The van der Waals surface area contributed by atoms with Gasteiger partial charge >= 0.3 is 5.97 Å². The predicted octanol–water partition coefficient (Wildman–Crippen LogP) is 2.32. The molecule has 5 nitrogen and oxygen atoms in total. The van der Waals surface area contributed by atoms with Gasteiger partial charge in [0.1, 0.15) is 0 Å². The summed E-state index contributed by atoms with van der Waals surface area (Å²) in [7, 11) is 1.32. The molecule has 1 aromatic rings. The van der Waals surface area contributed by atoms with Crippen LogP contribution in [0.15, 0.2) is 0 Å². The maximum absolute atomic E-state index is 11.5. The Labute approximate surface area is 121 Å². The minimum Gasteiger partial charge on any atom is -0.465 e. The molecule has 0 unspecified atom stereocenters. The van der Waals surface area contributed by atoms with Gasteiger partial charge in [0, 0.05) is 12.6 Å². The zero-order chi connectivity index (χ0) is 13.8. The lowest BCUT2D eigenvalue weighted by Gasteiger charge is -2.27. The zero-order valence-electron chi connectivity index (χ0n) is 10.8. The van der Waals surface area contributed by atoms with E-state index in [0.717, 1.165) is 12.8 Å². The highest BCUT2D eigenvalue weighted by Crippen LogP contribution is 2.34. The molecule has 2 rings (SSSR count). The molecule has 1 heterocycles. The third-order valence-corrected chi connectivity index (χ3v) is 4.76. The molecule has 1 aliphatic rings. The molecule has 0 bridgehead atoms. The van der Waals surface area contributed by atoms with Gasteiger partial charge in [0.2, 0.25) is 0 Å². The molecule has 0 spiro atoms. The Bertz CT molecular complexity index is 446. The molecule has 1 fully saturated rings. The first-order chi connectivity index (χ1) is 9.17. The Morgan fingerprint density at radius 3 is 2.84 bits per heavy atom. The van der Waals surface area contributed by atoms with Crippen LogP contribution in [0.3, 0.4) is 0 Å². The summed E-state index contributed by atoms with van der Waals surface area (Å²) >= 11 is 7.20. The van der Waals surface area contributed by atoms with Gasteiger partial charge in [0.05, 0.1) is 13.7 Å². The largest absolute Gasteiger partial charge is 0.465 e. The van der Waals surface area contributed by atoms with E-state index >= 15 is 0 Å². The summed E-state index contributed by atoms with van der Waals surface area (Å²) in [5.41, 5.74) is 0. The highest BCUT2D eigenvalue weighted by Gasteiger charge is 2.27. The van der Waals surface area contributed by atoms with E-state index in [1.54, 1.807) is 0 Å². The minimum atomic E-state index is -0.468. The van der Waals surface area contributed by atoms with Gasteiger partial charge in [-0.15, -0.1) is 0 Å². The van der Waals surface area contributed by atoms with E-state index in [-0.39, 0.29) is 11.8 Å². The number of halogens is 1. The second kappa shape index (κ2) is 6.54. The van der Waals surface area contributed by atoms with Gasteiger partial charge in [0.25, 0.3) is 0 Å². The monoisotopic (exact) mass is 304 g/mol. The lowest BCUT2D eigenvalue weighted by atomic mass is 10.2. The van der Waals surface area contributed by atoms with Gasteiger partial charge in [0.15, 0.2) is 15.2 Å². The van der Waals surface area contributed by atoms with Crippen LogP contribution < -0.4 is 4.90 Å². The van der Waals surface area contributed by atoms with E-state index in [9.17, 15) is 9.90 Å². The number of rotatable bonds is 5. The van der Waals surface area contributed by atoms with Gasteiger partial charge in [-0.25, -0.2) is 9.78 Å². The van der Waals surface area contributed by atoms with E-state index in [1.807, 2.05) is 0 Å². The fourth-order valence-electron chi connectivity index (χ4n) is 2.39. The number of aliphatic hydroxyl groups excluding tert-OH is 1. The van der Waals surface area contributed by atoms with E-state index < -0.39 is 5.97 Å². The molecular formula is C12H17ClN2O3S. The van der Waals surface area contributed by atoms with Crippen LogP contribution in [-0.4, -0.2) is 42.4 Å². The lowest BCUT2D eigenvalue weighted by molar-refractivity contribution is 0.0606. The number of nitrogens with zero attached hydrogens (tertiary/aromatic N) is 2. The first kappa shape index (κ1) is 14.6. The van der Waals surface area contributed by atoms with Crippen LogP contribution in [-0.2, 0) is 4.74 Å². The number of aliphatic hydroxyl groups is 1. The predicted molar refractivity (Wildman–Crippen MR) is 75.2 cm³/mol. The fourth-order valence-corrected chi connectivity index (χ4v) is 3.69. The van der Waals surface area contributed by atoms with Crippen molar-refractivity contribution in [1.29, 1.82) is 0 Å². The minimum absolute atomic E-state index is 0.0568. The van der Waals surface area contributed by atoms with Crippen LogP contribution in [0.1, 0.15) is 35.4 Å². The number of hydrogen-bond acceptors (Lipinski definition) is 6. The molecular weight excluding hydrogens is 288 g/mol. The highest BCUT2D eigenvalue weighted by atomic mass is 35.5. The standard InChI is InChI=1S/C12H17ClN2O3S/c1-18-11(17)9-10(13)14-12(19-9)15(6-7-16)8-4-2-3-5-8/h8,16H,2-7H2,1H3. The zero-order valence-corrected chi connectivity index (χ0v) is 12.3. The first-order valence-corrected chi connectivity index (χ1v) is 7.49. The van der Waals surface area contributed by atoms with E-state index in [2.05, 4.69) is 14.6 Å². The summed E-state index contributed by atoms with van der Waals surface area (Å²) in [6.45, 7) is 0.566. The van der Waals surface area contributed by atoms with Crippen molar-refractivity contribution in [3.8, 4) is 0 Å². The number of aromatic nitrogens is 1. The molecule has 0 atom stereocenters. The number of methoxy groups -OCH3 is 1. The number of carbonyl (C=O) groups excluding carboxylic acids is 1. The Balaban J connectivity index is 2.23. The molecule has 1 aromatic heterocycles. The molecule has 0 saturated heterocycles. The van der Waals surface area contributed by atoms with Crippen molar-refractivity contribution in [2.75, 3.05) is 25.2 Å². The van der Waals surface area contributed by atoms with Crippen molar-refractivity contribution in [3.05, 3.63) is 10.0 Å². The van der Waals surface area contributed by atoms with Crippen molar-refractivity contribution < 1.29 is 14.6 Å². The number of esters is 1. The van der Waals surface area contributed by atoms with Crippen LogP contribution in [0.25, 0.3) is 0 Å². The quantitative estimate of drug-likeness (QED) is 0.846. The number of ether oxygens (including phenoxy) is 1. The summed E-state index contributed by atoms with van der Waals surface area (Å²) in [5.74, 6) is -0.468. The summed E-state index contributed by atoms with van der Waals surface area (Å²) in [6, 6.07) is 0.375. The Kier molecular flexibility index (Phi) is 5.01. The Morgan fingerprint density at radius 1 is 1.58 bits per heavy atom. The summed E-state index contributed by atoms with van der Waals surface area (Å²) in [6.07, 6.45) is 4.56. The topological polar surface area (TPSA) is 62.7 Å². The van der Waals surface area contributed by atoms with Crippen molar-refractivity contribution >= 4 is 34.0 Å². The number of thiazole rings is 1. The van der Waals surface area contributed by atoms with Gasteiger partial charge < -0.3 is 14.7 Å². The lowest BCUT2D eigenvalue weighted by Crippen LogP contribution is -2.35. The Morgan fingerprint density at radius 2 is 2.26 bits per heavy atom. The molecule has 7 heteroatoms. The molecule has 0 amide bonds. The van der Waals surface area contributed by atoms with E-state index in [0.29, 0.717) is 22.6 Å². The van der Waals surface area contributed by atoms with Crippen LogP contribution >= 0.6 is 22.9 Å². The molecule has 1 saturated carbocycles. The van der Waals surface area contributed by atoms with Gasteiger partial charge in [-0.3, -0.25) is 0 Å². The third kappa shape index (κ3) is 3.19. The Hall–Kier alpha value is -0.850. The van der Waals surface area contributed by atoms with E-state index in [4.69, 9.17) is 11.6 Å². The second-order valence-electron chi connectivity index (χ2n) is 4.46.